The van der Waals surface area contributed by atoms with Crippen LogP contribution in [0.25, 0.3) is 0 Å². The van der Waals surface area contributed by atoms with Crippen molar-refractivity contribution in [2.75, 3.05) is 0 Å². The molecule has 5 heteroatoms. The number of ether oxygens (including phenoxy) is 1. The fourth-order valence-corrected chi connectivity index (χ4v) is 2.27. The van der Waals surface area contributed by atoms with E-state index < -0.39 is 5.82 Å². The third-order valence-corrected chi connectivity index (χ3v) is 3.38. The highest BCUT2D eigenvalue weighted by Crippen LogP contribution is 2.33. The van der Waals surface area contributed by atoms with E-state index in [-0.39, 0.29) is 11.8 Å². The zero-order valence-electron chi connectivity index (χ0n) is 10.2. The molecule has 0 amide bonds. The minimum Gasteiger partial charge on any atom is -0.453 e. The van der Waals surface area contributed by atoms with Crippen molar-refractivity contribution in [3.05, 3.63) is 57.3 Å². The van der Waals surface area contributed by atoms with Gasteiger partial charge in [0.1, 0.15) is 5.75 Å². The number of halogens is 3. The molecular weight excluding hydrogens is 333 g/mol. The molecule has 0 saturated carbocycles. The van der Waals surface area contributed by atoms with Gasteiger partial charge in [-0.05, 0) is 42.8 Å². The van der Waals surface area contributed by atoms with E-state index in [0.29, 0.717) is 16.3 Å². The Kier molecular flexibility index (Phi) is 4.45. The van der Waals surface area contributed by atoms with E-state index in [1.54, 1.807) is 37.3 Å². The van der Waals surface area contributed by atoms with E-state index in [4.69, 9.17) is 22.1 Å². The lowest BCUT2D eigenvalue weighted by molar-refractivity contribution is 0.441. The van der Waals surface area contributed by atoms with Crippen LogP contribution < -0.4 is 10.5 Å². The molecule has 0 fully saturated rings. The standard InChI is InChI=1S/C14H12BrClFNO/c1-8(18)9-2-4-14(12(17)6-9)19-13-5-3-10(15)7-11(13)16/h2-8H,18H2,1H3/t8-/m1/s1. The maximum Gasteiger partial charge on any atom is 0.166 e. The quantitative estimate of drug-likeness (QED) is 0.845. The van der Waals surface area contributed by atoms with Gasteiger partial charge in [0.05, 0.1) is 5.02 Å². The molecule has 0 aliphatic carbocycles. The summed E-state index contributed by atoms with van der Waals surface area (Å²) in [5, 5.41) is 0.407. The summed E-state index contributed by atoms with van der Waals surface area (Å²) in [5.41, 5.74) is 6.41. The molecule has 0 bridgehead atoms. The molecule has 19 heavy (non-hydrogen) atoms. The van der Waals surface area contributed by atoms with E-state index in [0.717, 1.165) is 4.47 Å². The minimum atomic E-state index is -0.464. The summed E-state index contributed by atoms with van der Waals surface area (Å²) in [7, 11) is 0. The van der Waals surface area contributed by atoms with Crippen LogP contribution in [-0.2, 0) is 0 Å². The summed E-state index contributed by atoms with van der Waals surface area (Å²) in [6, 6.07) is 9.56. The normalized spacial score (nSPS) is 12.3. The molecule has 2 aromatic rings. The minimum absolute atomic E-state index is 0.119. The first-order valence-corrected chi connectivity index (χ1v) is 6.82. The Bertz CT molecular complexity index is 604. The molecule has 2 aromatic carbocycles. The highest BCUT2D eigenvalue weighted by Gasteiger charge is 2.10. The van der Waals surface area contributed by atoms with Gasteiger partial charge in [0.15, 0.2) is 11.6 Å². The first-order chi connectivity index (χ1) is 8.97. The van der Waals surface area contributed by atoms with Crippen molar-refractivity contribution in [1.29, 1.82) is 0 Å². The molecule has 2 N–H and O–H groups in total. The molecule has 0 radical (unpaired) electrons. The Balaban J connectivity index is 2.28. The van der Waals surface area contributed by atoms with Crippen LogP contribution >= 0.6 is 27.5 Å². The number of nitrogens with two attached hydrogens (primary N) is 1. The van der Waals surface area contributed by atoms with Gasteiger partial charge in [0.25, 0.3) is 0 Å². The molecule has 100 valence electrons. The fraction of sp³-hybridized carbons (Fsp3) is 0.143. The molecule has 0 aromatic heterocycles. The number of hydrogen-bond acceptors (Lipinski definition) is 2. The van der Waals surface area contributed by atoms with Crippen LogP contribution in [0.15, 0.2) is 40.9 Å². The van der Waals surface area contributed by atoms with Crippen LogP contribution in [0.3, 0.4) is 0 Å². The predicted octanol–water partition coefficient (Wildman–Crippen LogP) is 5.05. The average molecular weight is 345 g/mol. The average Bonchev–Trinajstić information content (AvgIpc) is 2.34. The van der Waals surface area contributed by atoms with E-state index >= 15 is 0 Å². The van der Waals surface area contributed by atoms with Crippen molar-refractivity contribution in [3.8, 4) is 11.5 Å². The van der Waals surface area contributed by atoms with Gasteiger partial charge in [-0.2, -0.15) is 0 Å². The van der Waals surface area contributed by atoms with Gasteiger partial charge in [-0.25, -0.2) is 4.39 Å². The highest BCUT2D eigenvalue weighted by atomic mass is 79.9. The van der Waals surface area contributed by atoms with E-state index in [2.05, 4.69) is 15.9 Å². The summed E-state index contributed by atoms with van der Waals surface area (Å²) in [5.74, 6) is 0.0553. The summed E-state index contributed by atoms with van der Waals surface area (Å²) in [4.78, 5) is 0. The summed E-state index contributed by atoms with van der Waals surface area (Å²) in [6.07, 6.45) is 0. The molecule has 0 heterocycles. The number of rotatable bonds is 3. The van der Waals surface area contributed by atoms with E-state index in [1.807, 2.05) is 0 Å². The van der Waals surface area contributed by atoms with Gasteiger partial charge in [-0.3, -0.25) is 0 Å². The van der Waals surface area contributed by atoms with E-state index in [1.165, 1.54) is 6.07 Å². The molecule has 2 rings (SSSR count). The van der Waals surface area contributed by atoms with Crippen LogP contribution in [0.5, 0.6) is 11.5 Å². The van der Waals surface area contributed by atoms with Gasteiger partial charge >= 0.3 is 0 Å². The summed E-state index contributed by atoms with van der Waals surface area (Å²) < 4.78 is 20.2. The van der Waals surface area contributed by atoms with Crippen LogP contribution in [0.1, 0.15) is 18.5 Å². The van der Waals surface area contributed by atoms with Crippen LogP contribution in [0.4, 0.5) is 4.39 Å². The molecule has 0 spiro atoms. The number of hydrogen-bond donors (Lipinski definition) is 1. The van der Waals surface area contributed by atoms with Crippen molar-refractivity contribution in [2.24, 2.45) is 5.73 Å². The van der Waals surface area contributed by atoms with Crippen molar-refractivity contribution < 1.29 is 9.13 Å². The largest absolute Gasteiger partial charge is 0.453 e. The molecule has 0 saturated heterocycles. The molecule has 2 nitrogen and oxygen atoms in total. The van der Waals surface area contributed by atoms with Gasteiger partial charge in [-0.15, -0.1) is 0 Å². The Morgan fingerprint density at radius 1 is 1.21 bits per heavy atom. The smallest absolute Gasteiger partial charge is 0.166 e. The zero-order valence-corrected chi connectivity index (χ0v) is 12.5. The predicted molar refractivity (Wildman–Crippen MR) is 78.2 cm³/mol. The maximum atomic E-state index is 13.9. The Hall–Kier alpha value is -1.10. The van der Waals surface area contributed by atoms with Crippen LogP contribution in [-0.4, -0.2) is 0 Å². The Morgan fingerprint density at radius 2 is 1.89 bits per heavy atom. The van der Waals surface area contributed by atoms with Crippen LogP contribution in [0.2, 0.25) is 5.02 Å². The van der Waals surface area contributed by atoms with Crippen molar-refractivity contribution in [3.63, 3.8) is 0 Å². The molecule has 0 aliphatic heterocycles. The second-order valence-corrected chi connectivity index (χ2v) is 5.48. The first-order valence-electron chi connectivity index (χ1n) is 5.65. The monoisotopic (exact) mass is 343 g/mol. The summed E-state index contributed by atoms with van der Waals surface area (Å²) in [6.45, 7) is 1.79. The lowest BCUT2D eigenvalue weighted by atomic mass is 10.1. The van der Waals surface area contributed by atoms with Gasteiger partial charge in [-0.1, -0.05) is 33.6 Å². The Labute approximate surface area is 124 Å². The van der Waals surface area contributed by atoms with Gasteiger partial charge < -0.3 is 10.5 Å². The van der Waals surface area contributed by atoms with Gasteiger partial charge in [0, 0.05) is 10.5 Å². The first kappa shape index (κ1) is 14.3. The zero-order chi connectivity index (χ0) is 14.0. The van der Waals surface area contributed by atoms with Crippen molar-refractivity contribution in [1.82, 2.24) is 0 Å². The lowest BCUT2D eigenvalue weighted by Crippen LogP contribution is -2.05. The third kappa shape index (κ3) is 3.47. The third-order valence-electron chi connectivity index (χ3n) is 2.60. The Morgan fingerprint density at radius 3 is 2.47 bits per heavy atom. The second-order valence-electron chi connectivity index (χ2n) is 4.16. The highest BCUT2D eigenvalue weighted by molar-refractivity contribution is 9.10. The fourth-order valence-electron chi connectivity index (χ4n) is 1.56. The topological polar surface area (TPSA) is 35.2 Å². The molecule has 0 unspecified atom stereocenters. The molecule has 0 aliphatic rings. The van der Waals surface area contributed by atoms with Crippen molar-refractivity contribution >= 4 is 27.5 Å². The van der Waals surface area contributed by atoms with Crippen LogP contribution in [0, 0.1) is 5.82 Å². The van der Waals surface area contributed by atoms with E-state index in [9.17, 15) is 4.39 Å². The molecule has 1 atom stereocenters. The lowest BCUT2D eigenvalue weighted by Gasteiger charge is -2.11. The maximum absolute atomic E-state index is 13.9. The molecular formula is C14H12BrClFNO. The number of benzene rings is 2. The summed E-state index contributed by atoms with van der Waals surface area (Å²) >= 11 is 9.31. The second kappa shape index (κ2) is 5.90. The SMILES string of the molecule is C[C@@H](N)c1ccc(Oc2ccc(Br)cc2Cl)c(F)c1. The van der Waals surface area contributed by atoms with Crippen molar-refractivity contribution in [2.45, 2.75) is 13.0 Å². The van der Waals surface area contributed by atoms with Gasteiger partial charge in [0.2, 0.25) is 0 Å².